The fourth-order valence-electron chi connectivity index (χ4n) is 3.68. The lowest BCUT2D eigenvalue weighted by atomic mass is 10.1. The first-order valence-electron chi connectivity index (χ1n) is 13.1. The molecule has 0 aliphatic carbocycles. The Hall–Kier alpha value is -4.65. The molecule has 0 aliphatic rings. The highest BCUT2D eigenvalue weighted by Gasteiger charge is 2.31. The molecule has 0 fully saturated rings. The van der Waals surface area contributed by atoms with Crippen LogP contribution in [-0.2, 0) is 9.53 Å². The minimum absolute atomic E-state index is 0.0864. The number of alkyl halides is 3. The SMILES string of the molecule is Cc1cccc(C)c1N=C(N/N=C\c1ccc(-c2ncn(-c3ccc(OC(F)(F)F)cc3)n2)cc1)SCOC(=O)C(C)C. The van der Waals surface area contributed by atoms with Gasteiger partial charge < -0.3 is 9.47 Å². The zero-order chi connectivity index (χ0) is 31.0. The highest BCUT2D eigenvalue weighted by Crippen LogP contribution is 2.25. The number of esters is 1. The average Bonchev–Trinajstić information content (AvgIpc) is 3.45. The minimum atomic E-state index is -4.76. The Kier molecular flexibility index (Phi) is 10.2. The summed E-state index contributed by atoms with van der Waals surface area (Å²) in [6, 6.07) is 18.6. The summed E-state index contributed by atoms with van der Waals surface area (Å²) in [5.74, 6) is -0.322. The van der Waals surface area contributed by atoms with Gasteiger partial charge in [0.25, 0.3) is 0 Å². The Labute approximate surface area is 250 Å². The Balaban J connectivity index is 1.42. The van der Waals surface area contributed by atoms with Crippen molar-refractivity contribution >= 4 is 34.8 Å². The van der Waals surface area contributed by atoms with Crippen LogP contribution in [0.3, 0.4) is 0 Å². The van der Waals surface area contributed by atoms with Crippen molar-refractivity contribution in [1.82, 2.24) is 20.2 Å². The first kappa shape index (κ1) is 31.3. The number of aromatic nitrogens is 3. The first-order valence-corrected chi connectivity index (χ1v) is 14.1. The van der Waals surface area contributed by atoms with Gasteiger partial charge >= 0.3 is 12.3 Å². The molecule has 0 saturated heterocycles. The fraction of sp³-hybridized carbons (Fsp3) is 0.233. The van der Waals surface area contributed by atoms with E-state index in [1.165, 1.54) is 47.0 Å². The summed E-state index contributed by atoms with van der Waals surface area (Å²) < 4.78 is 47.9. The van der Waals surface area contributed by atoms with Crippen molar-refractivity contribution in [3.05, 3.63) is 89.7 Å². The maximum Gasteiger partial charge on any atom is 0.573 e. The van der Waals surface area contributed by atoms with Crippen LogP contribution in [0.15, 0.2) is 83.2 Å². The molecule has 1 N–H and O–H groups in total. The van der Waals surface area contributed by atoms with Crippen LogP contribution < -0.4 is 10.2 Å². The van der Waals surface area contributed by atoms with Crippen molar-refractivity contribution in [2.24, 2.45) is 16.0 Å². The summed E-state index contributed by atoms with van der Waals surface area (Å²) in [7, 11) is 0. The Morgan fingerprint density at radius 2 is 1.72 bits per heavy atom. The van der Waals surface area contributed by atoms with Crippen LogP contribution >= 0.6 is 11.8 Å². The van der Waals surface area contributed by atoms with Gasteiger partial charge in [0.15, 0.2) is 11.0 Å². The van der Waals surface area contributed by atoms with Crippen LogP contribution in [0.2, 0.25) is 0 Å². The maximum atomic E-state index is 12.4. The quantitative estimate of drug-likeness (QED) is 0.0719. The summed E-state index contributed by atoms with van der Waals surface area (Å²) in [6.07, 6.45) is -1.66. The second kappa shape index (κ2) is 14.0. The predicted molar refractivity (Wildman–Crippen MR) is 161 cm³/mol. The van der Waals surface area contributed by atoms with Gasteiger partial charge in [0.2, 0.25) is 0 Å². The number of thioether (sulfide) groups is 1. The minimum Gasteiger partial charge on any atom is -0.454 e. The van der Waals surface area contributed by atoms with Crippen LogP contribution in [0.1, 0.15) is 30.5 Å². The number of ether oxygens (including phenoxy) is 2. The van der Waals surface area contributed by atoms with Gasteiger partial charge in [-0.1, -0.05) is 56.3 Å². The molecule has 1 aromatic heterocycles. The third-order valence-electron chi connectivity index (χ3n) is 5.89. The molecule has 4 aromatic rings. The second-order valence-electron chi connectivity index (χ2n) is 9.58. The van der Waals surface area contributed by atoms with Gasteiger partial charge in [-0.2, -0.15) is 5.10 Å². The Morgan fingerprint density at radius 1 is 1.05 bits per heavy atom. The summed E-state index contributed by atoms with van der Waals surface area (Å²) in [6.45, 7) is 7.48. The number of aryl methyl sites for hydroxylation is 2. The summed E-state index contributed by atoms with van der Waals surface area (Å²) >= 11 is 1.22. The van der Waals surface area contributed by atoms with Crippen LogP contribution in [0.25, 0.3) is 17.1 Å². The highest BCUT2D eigenvalue weighted by molar-refractivity contribution is 8.13. The molecular formula is C30H29F3N6O3S. The summed E-state index contributed by atoms with van der Waals surface area (Å²) in [4.78, 5) is 20.9. The average molecular weight is 611 g/mol. The van der Waals surface area contributed by atoms with E-state index in [9.17, 15) is 18.0 Å². The molecule has 0 atom stereocenters. The number of rotatable bonds is 9. The highest BCUT2D eigenvalue weighted by atomic mass is 32.2. The van der Waals surface area contributed by atoms with Gasteiger partial charge in [-0.3, -0.25) is 10.2 Å². The van der Waals surface area contributed by atoms with E-state index in [-0.39, 0.29) is 23.6 Å². The second-order valence-corrected chi connectivity index (χ2v) is 10.5. The van der Waals surface area contributed by atoms with E-state index in [4.69, 9.17) is 9.73 Å². The number of hydrogen-bond donors (Lipinski definition) is 1. The lowest BCUT2D eigenvalue weighted by Crippen LogP contribution is -2.17. The first-order chi connectivity index (χ1) is 20.5. The van der Waals surface area contributed by atoms with Crippen molar-refractivity contribution < 1.29 is 27.4 Å². The van der Waals surface area contributed by atoms with Crippen LogP contribution in [0, 0.1) is 19.8 Å². The third kappa shape index (κ3) is 9.17. The van der Waals surface area contributed by atoms with Crippen molar-refractivity contribution in [3.8, 4) is 22.8 Å². The number of amidine groups is 1. The van der Waals surface area contributed by atoms with E-state index >= 15 is 0 Å². The molecule has 0 saturated carbocycles. The number of halogens is 3. The van der Waals surface area contributed by atoms with Gasteiger partial charge in [-0.05, 0) is 66.6 Å². The smallest absolute Gasteiger partial charge is 0.454 e. The standard InChI is InChI=1S/C30H29F3N6O3S/c1-19(2)28(40)41-18-43-29(36-26-20(3)6-5-7-21(26)4)37-35-16-22-8-10-23(11-9-22)27-34-17-39(38-27)24-12-14-25(15-13-24)42-30(31,32)33/h5-17,19H,18H2,1-4H3,(H,36,37)/b35-16-. The number of hydrazone groups is 1. The van der Waals surface area contributed by atoms with E-state index < -0.39 is 6.36 Å². The molecular weight excluding hydrogens is 581 g/mol. The number of benzene rings is 3. The van der Waals surface area contributed by atoms with Crippen LogP contribution in [-0.4, -0.2) is 44.4 Å². The van der Waals surface area contributed by atoms with E-state index in [1.54, 1.807) is 20.1 Å². The Bertz CT molecular complexity index is 1580. The van der Waals surface area contributed by atoms with E-state index in [2.05, 4.69) is 25.3 Å². The topological polar surface area (TPSA) is 103 Å². The van der Waals surface area contributed by atoms with Crippen molar-refractivity contribution in [2.45, 2.75) is 34.1 Å². The largest absolute Gasteiger partial charge is 0.573 e. The number of nitrogens with zero attached hydrogens (tertiary/aromatic N) is 5. The Morgan fingerprint density at radius 3 is 2.35 bits per heavy atom. The van der Waals surface area contributed by atoms with Crippen LogP contribution in [0.5, 0.6) is 5.75 Å². The molecule has 43 heavy (non-hydrogen) atoms. The number of carbonyl (C=O) groups excluding carboxylic acids is 1. The summed E-state index contributed by atoms with van der Waals surface area (Å²) in [5.41, 5.74) is 7.82. The van der Waals surface area contributed by atoms with Crippen LogP contribution in [0.4, 0.5) is 18.9 Å². The van der Waals surface area contributed by atoms with E-state index in [0.717, 1.165) is 27.9 Å². The normalized spacial score (nSPS) is 12.1. The number of nitrogens with one attached hydrogen (secondary N) is 1. The predicted octanol–water partition coefficient (Wildman–Crippen LogP) is 6.95. The lowest BCUT2D eigenvalue weighted by molar-refractivity contribution is -0.274. The van der Waals surface area contributed by atoms with Crippen molar-refractivity contribution in [1.29, 1.82) is 0 Å². The molecule has 0 amide bonds. The maximum absolute atomic E-state index is 12.4. The summed E-state index contributed by atoms with van der Waals surface area (Å²) in [5, 5.41) is 9.21. The lowest BCUT2D eigenvalue weighted by Gasteiger charge is -2.10. The molecule has 13 heteroatoms. The van der Waals surface area contributed by atoms with E-state index in [1.807, 2.05) is 56.3 Å². The van der Waals surface area contributed by atoms with Crippen molar-refractivity contribution in [3.63, 3.8) is 0 Å². The monoisotopic (exact) mass is 610 g/mol. The molecule has 0 spiro atoms. The number of hydrogen-bond acceptors (Lipinski definition) is 8. The van der Waals surface area contributed by atoms with Gasteiger partial charge in [-0.25, -0.2) is 14.7 Å². The van der Waals surface area contributed by atoms with E-state index in [0.29, 0.717) is 16.7 Å². The van der Waals surface area contributed by atoms with Gasteiger partial charge in [-0.15, -0.1) is 18.3 Å². The number of carbonyl (C=O) groups is 1. The molecule has 224 valence electrons. The molecule has 0 bridgehead atoms. The number of aliphatic imine (C=N–C) groups is 1. The molecule has 1 heterocycles. The zero-order valence-electron chi connectivity index (χ0n) is 23.8. The molecule has 9 nitrogen and oxygen atoms in total. The molecule has 0 unspecified atom stereocenters. The molecule has 0 radical (unpaired) electrons. The molecule has 3 aromatic carbocycles. The zero-order valence-corrected chi connectivity index (χ0v) is 24.6. The van der Waals surface area contributed by atoms with Gasteiger partial charge in [0.1, 0.15) is 18.0 Å². The van der Waals surface area contributed by atoms with Gasteiger partial charge in [0.05, 0.1) is 23.5 Å². The third-order valence-corrected chi connectivity index (χ3v) is 6.58. The van der Waals surface area contributed by atoms with Crippen molar-refractivity contribution in [2.75, 3.05) is 5.94 Å². The van der Waals surface area contributed by atoms with Gasteiger partial charge in [0, 0.05) is 5.56 Å². The fourth-order valence-corrected chi connectivity index (χ4v) is 4.24. The number of para-hydroxylation sites is 1. The molecule has 4 rings (SSSR count). The molecule has 0 aliphatic heterocycles.